The predicted octanol–water partition coefficient (Wildman–Crippen LogP) is 3.82. The van der Waals surface area contributed by atoms with Gasteiger partial charge in [0.15, 0.2) is 0 Å². The minimum absolute atomic E-state index is 0.244. The van der Waals surface area contributed by atoms with Crippen molar-refractivity contribution < 1.29 is 22.7 Å². The van der Waals surface area contributed by atoms with E-state index in [4.69, 9.17) is 4.74 Å². The van der Waals surface area contributed by atoms with E-state index in [0.717, 1.165) is 17.8 Å². The number of H-pyrrole nitrogens is 1. The molecule has 0 atom stereocenters. The molecule has 0 spiro atoms. The quantitative estimate of drug-likeness (QED) is 0.756. The van der Waals surface area contributed by atoms with Crippen LogP contribution in [0.15, 0.2) is 36.5 Å². The van der Waals surface area contributed by atoms with Gasteiger partial charge in [0.1, 0.15) is 0 Å². The number of nitrogens with zero attached hydrogens (tertiary/aromatic N) is 2. The van der Waals surface area contributed by atoms with Crippen LogP contribution < -0.4 is 0 Å². The standard InChI is InChI=1S/C20H24F3N3O2/c1-2-28-18(27)19(13-15-4-3-5-16(12-15)20(21,22)23)7-10-26(11-8-19)14-17-6-9-24-25-17/h3-6,9,12H,2,7-8,10-11,13-14H2,1H3,(H,24,25). The van der Waals surface area contributed by atoms with Crippen molar-refractivity contribution in [2.75, 3.05) is 19.7 Å². The topological polar surface area (TPSA) is 58.2 Å². The number of aromatic amines is 1. The highest BCUT2D eigenvalue weighted by molar-refractivity contribution is 5.77. The third kappa shape index (κ3) is 4.73. The molecule has 1 aromatic carbocycles. The zero-order valence-corrected chi connectivity index (χ0v) is 15.8. The highest BCUT2D eigenvalue weighted by Gasteiger charge is 2.43. The van der Waals surface area contributed by atoms with E-state index >= 15 is 0 Å². The van der Waals surface area contributed by atoms with Crippen molar-refractivity contribution in [3.8, 4) is 0 Å². The van der Waals surface area contributed by atoms with Gasteiger partial charge < -0.3 is 4.74 Å². The van der Waals surface area contributed by atoms with Crippen molar-refractivity contribution in [1.82, 2.24) is 15.1 Å². The van der Waals surface area contributed by atoms with Gasteiger partial charge in [-0.15, -0.1) is 0 Å². The Labute approximate surface area is 161 Å². The van der Waals surface area contributed by atoms with Gasteiger partial charge in [-0.2, -0.15) is 18.3 Å². The molecule has 1 saturated heterocycles. The molecule has 0 saturated carbocycles. The maximum Gasteiger partial charge on any atom is 0.416 e. The minimum atomic E-state index is -4.40. The Morgan fingerprint density at radius 1 is 1.29 bits per heavy atom. The van der Waals surface area contributed by atoms with Crippen molar-refractivity contribution in [2.45, 2.75) is 38.9 Å². The molecule has 1 aliphatic rings. The average molecular weight is 395 g/mol. The van der Waals surface area contributed by atoms with Crippen LogP contribution in [-0.4, -0.2) is 40.8 Å². The second-order valence-corrected chi connectivity index (χ2v) is 7.23. The molecule has 0 amide bonds. The molecule has 2 aromatic rings. The lowest BCUT2D eigenvalue weighted by atomic mass is 9.73. The van der Waals surface area contributed by atoms with E-state index in [1.54, 1.807) is 19.2 Å². The van der Waals surface area contributed by atoms with Crippen LogP contribution in [-0.2, 0) is 28.7 Å². The number of ether oxygens (including phenoxy) is 1. The molecule has 0 unspecified atom stereocenters. The van der Waals surface area contributed by atoms with E-state index in [-0.39, 0.29) is 19.0 Å². The van der Waals surface area contributed by atoms with Crippen LogP contribution >= 0.6 is 0 Å². The van der Waals surface area contributed by atoms with Crippen molar-refractivity contribution in [3.05, 3.63) is 53.3 Å². The molecule has 0 radical (unpaired) electrons. The third-order valence-corrected chi connectivity index (χ3v) is 5.27. The smallest absolute Gasteiger partial charge is 0.416 e. The Hall–Kier alpha value is -2.35. The molecule has 1 fully saturated rings. The summed E-state index contributed by atoms with van der Waals surface area (Å²) >= 11 is 0. The number of hydrogen-bond acceptors (Lipinski definition) is 4. The summed E-state index contributed by atoms with van der Waals surface area (Å²) in [7, 11) is 0. The van der Waals surface area contributed by atoms with Crippen LogP contribution in [0.1, 0.15) is 36.6 Å². The number of piperidine rings is 1. The SMILES string of the molecule is CCOC(=O)C1(Cc2cccc(C(F)(F)F)c2)CCN(Cc2ccn[nH]2)CC1. The van der Waals surface area contributed by atoms with Gasteiger partial charge in [0.25, 0.3) is 0 Å². The Balaban J connectivity index is 1.76. The fourth-order valence-corrected chi connectivity index (χ4v) is 3.74. The van der Waals surface area contributed by atoms with Crippen molar-refractivity contribution in [1.29, 1.82) is 0 Å². The summed E-state index contributed by atoms with van der Waals surface area (Å²) in [5.74, 6) is -0.325. The number of esters is 1. The zero-order chi connectivity index (χ0) is 20.2. The first-order valence-corrected chi connectivity index (χ1v) is 9.36. The van der Waals surface area contributed by atoms with Crippen molar-refractivity contribution in [3.63, 3.8) is 0 Å². The lowest BCUT2D eigenvalue weighted by Gasteiger charge is -2.40. The van der Waals surface area contributed by atoms with Gasteiger partial charge in [-0.1, -0.05) is 18.2 Å². The number of nitrogens with one attached hydrogen (secondary N) is 1. The molecule has 28 heavy (non-hydrogen) atoms. The number of alkyl halides is 3. The molecule has 0 aliphatic carbocycles. The summed E-state index contributed by atoms with van der Waals surface area (Å²) in [5, 5.41) is 6.85. The Morgan fingerprint density at radius 3 is 2.64 bits per heavy atom. The maximum atomic E-state index is 13.0. The molecule has 1 N–H and O–H groups in total. The molecule has 5 nitrogen and oxygen atoms in total. The number of likely N-dealkylation sites (tertiary alicyclic amines) is 1. The Bertz CT molecular complexity index is 782. The number of benzene rings is 1. The van der Waals surface area contributed by atoms with Gasteiger partial charge in [-0.05, 0) is 57.0 Å². The highest BCUT2D eigenvalue weighted by atomic mass is 19.4. The van der Waals surface area contributed by atoms with E-state index in [9.17, 15) is 18.0 Å². The second-order valence-electron chi connectivity index (χ2n) is 7.23. The first-order chi connectivity index (χ1) is 13.3. The molecular weight excluding hydrogens is 371 g/mol. The lowest BCUT2D eigenvalue weighted by molar-refractivity contribution is -0.158. The van der Waals surface area contributed by atoms with E-state index in [0.29, 0.717) is 38.0 Å². The summed E-state index contributed by atoms with van der Waals surface area (Å²) in [5.41, 5.74) is -0.00264. The molecule has 3 rings (SSSR count). The fraction of sp³-hybridized carbons (Fsp3) is 0.500. The largest absolute Gasteiger partial charge is 0.466 e. The molecule has 2 heterocycles. The van der Waals surface area contributed by atoms with Crippen LogP contribution in [0.25, 0.3) is 0 Å². The molecular formula is C20H24F3N3O2. The molecule has 1 aliphatic heterocycles. The van der Waals surface area contributed by atoms with Crippen LogP contribution in [0.2, 0.25) is 0 Å². The molecule has 8 heteroatoms. The van der Waals surface area contributed by atoms with E-state index < -0.39 is 17.2 Å². The third-order valence-electron chi connectivity index (χ3n) is 5.27. The van der Waals surface area contributed by atoms with Gasteiger partial charge in [-0.25, -0.2) is 0 Å². The van der Waals surface area contributed by atoms with Crippen molar-refractivity contribution >= 4 is 5.97 Å². The molecule has 152 valence electrons. The highest BCUT2D eigenvalue weighted by Crippen LogP contribution is 2.38. The fourth-order valence-electron chi connectivity index (χ4n) is 3.74. The number of carbonyl (C=O) groups is 1. The van der Waals surface area contributed by atoms with Gasteiger partial charge in [-0.3, -0.25) is 14.8 Å². The van der Waals surface area contributed by atoms with Crippen LogP contribution in [0.4, 0.5) is 13.2 Å². The van der Waals surface area contributed by atoms with Gasteiger partial charge in [0, 0.05) is 18.4 Å². The number of halogens is 3. The van der Waals surface area contributed by atoms with E-state index in [1.165, 1.54) is 6.07 Å². The average Bonchev–Trinajstić information content (AvgIpc) is 3.16. The van der Waals surface area contributed by atoms with Gasteiger partial charge in [0.2, 0.25) is 0 Å². The first kappa shape index (κ1) is 20.4. The van der Waals surface area contributed by atoms with Crippen LogP contribution in [0.5, 0.6) is 0 Å². The summed E-state index contributed by atoms with van der Waals surface area (Å²) in [6.45, 7) is 4.01. The molecule has 0 bridgehead atoms. The van der Waals surface area contributed by atoms with Crippen molar-refractivity contribution in [2.24, 2.45) is 5.41 Å². The number of rotatable bonds is 6. The Morgan fingerprint density at radius 2 is 2.04 bits per heavy atom. The predicted molar refractivity (Wildman–Crippen MR) is 97.3 cm³/mol. The number of carbonyl (C=O) groups excluding carboxylic acids is 1. The number of aromatic nitrogens is 2. The van der Waals surface area contributed by atoms with Crippen LogP contribution in [0, 0.1) is 5.41 Å². The second kappa shape index (κ2) is 8.34. The summed E-state index contributed by atoms with van der Waals surface area (Å²) in [6.07, 6.45) is -1.39. The van der Waals surface area contributed by atoms with Gasteiger partial charge in [0.05, 0.1) is 17.6 Å². The molecule has 1 aromatic heterocycles. The Kier molecular flexibility index (Phi) is 6.07. The lowest BCUT2D eigenvalue weighted by Crippen LogP contribution is -2.46. The zero-order valence-electron chi connectivity index (χ0n) is 15.8. The monoisotopic (exact) mass is 395 g/mol. The maximum absolute atomic E-state index is 13.0. The summed E-state index contributed by atoms with van der Waals surface area (Å²) in [4.78, 5) is 15.0. The first-order valence-electron chi connectivity index (χ1n) is 9.36. The summed E-state index contributed by atoms with van der Waals surface area (Å²) in [6, 6.07) is 7.12. The minimum Gasteiger partial charge on any atom is -0.466 e. The summed E-state index contributed by atoms with van der Waals surface area (Å²) < 4.78 is 44.4. The van der Waals surface area contributed by atoms with Crippen LogP contribution in [0.3, 0.4) is 0 Å². The van der Waals surface area contributed by atoms with E-state index in [2.05, 4.69) is 15.1 Å². The number of hydrogen-bond donors (Lipinski definition) is 1. The van der Waals surface area contributed by atoms with E-state index in [1.807, 2.05) is 6.07 Å². The van der Waals surface area contributed by atoms with Gasteiger partial charge >= 0.3 is 12.1 Å². The normalized spacial score (nSPS) is 17.4.